The average Bonchev–Trinajstić information content (AvgIpc) is 2.93. The maximum absolute atomic E-state index is 11.6. The van der Waals surface area contributed by atoms with Crippen LogP contribution in [-0.2, 0) is 48.8 Å². The summed E-state index contributed by atoms with van der Waals surface area (Å²) in [6, 6.07) is 32.2. The van der Waals surface area contributed by atoms with Gasteiger partial charge in [-0.05, 0) is 24.8 Å². The Kier molecular flexibility index (Phi) is 24.3. The van der Waals surface area contributed by atoms with E-state index >= 15 is 0 Å². The molecule has 0 N–H and O–H groups in total. The van der Waals surface area contributed by atoms with Gasteiger partial charge in [0.1, 0.15) is 12.4 Å². The van der Waals surface area contributed by atoms with Gasteiger partial charge in [-0.15, -0.1) is 0 Å². The standard InChI is InChI=1S/C13H12NO3.C7H8.C6H5.2C2H6.Y/c15-12-6-8-14(9-7-12)13(16)17-10-11-4-2-1-3-5-11;1-7-5-3-2-4-6-7;1-2-4-6-5-3-1;2*1-2;/h1-6,8-9H,7,10H2;2-6H,1H3;1-5H;2*1-2H3;/q-1;;-1;;;. The minimum atomic E-state index is -0.474. The van der Waals surface area contributed by atoms with Gasteiger partial charge in [0.25, 0.3) is 0 Å². The van der Waals surface area contributed by atoms with Crippen molar-refractivity contribution in [2.45, 2.75) is 47.6 Å². The van der Waals surface area contributed by atoms with Gasteiger partial charge in [-0.3, -0.25) is 4.79 Å². The molecule has 0 unspecified atom stereocenters. The Morgan fingerprint density at radius 3 is 1.77 bits per heavy atom. The van der Waals surface area contributed by atoms with Crippen LogP contribution in [0, 0.1) is 19.5 Å². The molecule has 1 radical (unpaired) electrons. The van der Waals surface area contributed by atoms with Crippen molar-refractivity contribution in [3.63, 3.8) is 0 Å². The monoisotopic (exact) mass is 548 g/mol. The third-order valence-electron chi connectivity index (χ3n) is 3.87. The number of carbonyl (C=O) groups is 2. The van der Waals surface area contributed by atoms with Crippen molar-refractivity contribution in [2.24, 2.45) is 0 Å². The number of ether oxygens (including phenoxy) is 1. The second-order valence-corrected chi connectivity index (χ2v) is 6.35. The maximum atomic E-state index is 11.6. The Morgan fingerprint density at radius 2 is 1.40 bits per heavy atom. The van der Waals surface area contributed by atoms with Gasteiger partial charge in [0.2, 0.25) is 0 Å². The van der Waals surface area contributed by atoms with Gasteiger partial charge in [0, 0.05) is 32.7 Å². The molecule has 1 heterocycles. The number of carbonyl (C=O) groups excluding carboxylic acids is 2. The summed E-state index contributed by atoms with van der Waals surface area (Å²) >= 11 is 0. The van der Waals surface area contributed by atoms with Crippen molar-refractivity contribution in [3.05, 3.63) is 127 Å². The van der Waals surface area contributed by atoms with E-state index in [1.165, 1.54) is 29.3 Å². The van der Waals surface area contributed by atoms with Crippen LogP contribution in [0.1, 0.15) is 45.2 Å². The molecule has 3 aromatic rings. The third-order valence-corrected chi connectivity index (χ3v) is 3.87. The van der Waals surface area contributed by atoms with E-state index in [1.807, 2.05) is 107 Å². The summed E-state index contributed by atoms with van der Waals surface area (Å²) in [4.78, 5) is 23.8. The zero-order chi connectivity index (χ0) is 25.4. The minimum absolute atomic E-state index is 0. The molecule has 0 bridgehead atoms. The van der Waals surface area contributed by atoms with E-state index in [0.29, 0.717) is 0 Å². The molecule has 4 nitrogen and oxygen atoms in total. The van der Waals surface area contributed by atoms with Crippen LogP contribution in [0.2, 0.25) is 0 Å². The Morgan fingerprint density at radius 1 is 0.886 bits per heavy atom. The van der Waals surface area contributed by atoms with Crippen LogP contribution < -0.4 is 0 Å². The number of benzene rings is 3. The molecule has 0 saturated heterocycles. The number of amides is 1. The van der Waals surface area contributed by atoms with E-state index in [1.54, 1.807) is 0 Å². The van der Waals surface area contributed by atoms with Crippen LogP contribution in [0.25, 0.3) is 0 Å². The van der Waals surface area contributed by atoms with E-state index < -0.39 is 6.09 Å². The predicted molar refractivity (Wildman–Crippen MR) is 141 cm³/mol. The van der Waals surface area contributed by atoms with E-state index in [9.17, 15) is 9.59 Å². The molecule has 1 amide bonds. The summed E-state index contributed by atoms with van der Waals surface area (Å²) in [7, 11) is 0. The van der Waals surface area contributed by atoms with Crippen molar-refractivity contribution in [3.8, 4) is 0 Å². The first kappa shape index (κ1) is 34.6. The zero-order valence-electron chi connectivity index (χ0n) is 21.6. The molecule has 0 atom stereocenters. The number of ketones is 1. The van der Waals surface area contributed by atoms with Gasteiger partial charge in [0.05, 0.1) is 0 Å². The summed E-state index contributed by atoms with van der Waals surface area (Å²) in [5, 5.41) is 0. The summed E-state index contributed by atoms with van der Waals surface area (Å²) < 4.78 is 5.10. The Labute approximate surface area is 237 Å². The second-order valence-electron chi connectivity index (χ2n) is 6.35. The maximum Gasteiger partial charge on any atom is 0.384 e. The molecule has 5 heteroatoms. The van der Waals surface area contributed by atoms with Gasteiger partial charge >= 0.3 is 6.09 Å². The van der Waals surface area contributed by atoms with Crippen molar-refractivity contribution in [1.29, 1.82) is 0 Å². The number of allylic oxidation sites excluding steroid dienone is 1. The first-order chi connectivity index (χ1) is 16.6. The molecule has 185 valence electrons. The fourth-order valence-electron chi connectivity index (χ4n) is 2.29. The van der Waals surface area contributed by atoms with Gasteiger partial charge in [0.15, 0.2) is 0 Å². The molecule has 0 aliphatic carbocycles. The van der Waals surface area contributed by atoms with E-state index in [-0.39, 0.29) is 51.5 Å². The van der Waals surface area contributed by atoms with Crippen molar-refractivity contribution >= 4 is 11.9 Å². The quantitative estimate of drug-likeness (QED) is 0.307. The summed E-state index contributed by atoms with van der Waals surface area (Å²) in [6.45, 7) is 11.8. The van der Waals surface area contributed by atoms with Crippen LogP contribution >= 0.6 is 0 Å². The fraction of sp³-hybridized carbons (Fsp3) is 0.233. The fourth-order valence-corrected chi connectivity index (χ4v) is 2.29. The van der Waals surface area contributed by atoms with Crippen molar-refractivity contribution < 1.29 is 47.0 Å². The zero-order valence-corrected chi connectivity index (χ0v) is 24.4. The van der Waals surface area contributed by atoms with Gasteiger partial charge < -0.3 is 9.64 Å². The van der Waals surface area contributed by atoms with Gasteiger partial charge in [-0.1, -0.05) is 100 Å². The first-order valence-corrected chi connectivity index (χ1v) is 11.6. The first-order valence-electron chi connectivity index (χ1n) is 11.6. The number of aryl methyl sites for hydroxylation is 1. The topological polar surface area (TPSA) is 46.6 Å². The predicted octanol–water partition coefficient (Wildman–Crippen LogP) is 7.81. The number of hydrogen-bond acceptors (Lipinski definition) is 3. The molecule has 3 aromatic carbocycles. The van der Waals surface area contributed by atoms with Crippen LogP contribution in [0.5, 0.6) is 0 Å². The molecular weight excluding hydrogens is 511 g/mol. The van der Waals surface area contributed by atoms with Crippen LogP contribution in [0.4, 0.5) is 4.79 Å². The molecule has 0 aromatic heterocycles. The van der Waals surface area contributed by atoms with Crippen LogP contribution in [0.3, 0.4) is 0 Å². The van der Waals surface area contributed by atoms with E-state index in [0.717, 1.165) is 5.56 Å². The van der Waals surface area contributed by atoms with Crippen molar-refractivity contribution in [1.82, 2.24) is 4.90 Å². The molecule has 0 fully saturated rings. The molecule has 0 saturated carbocycles. The Bertz CT molecular complexity index is 874. The smallest absolute Gasteiger partial charge is 0.384 e. The van der Waals surface area contributed by atoms with Crippen LogP contribution in [-0.4, -0.2) is 16.8 Å². The summed E-state index contributed by atoms with van der Waals surface area (Å²) in [5.74, 6) is -0.0166. The molecule has 1 aliphatic rings. The molecule has 1 aliphatic heterocycles. The Balaban J connectivity index is 0. The van der Waals surface area contributed by atoms with Crippen molar-refractivity contribution in [2.75, 3.05) is 0 Å². The van der Waals surface area contributed by atoms with E-state index in [2.05, 4.69) is 25.1 Å². The SMILES string of the molecule is CC.CC.Cc1ccccc1.O=C1C=CN(C(=O)OCc2ccccc2)[CH-]C1.[Y].[c-]1ccccc1. The Hall–Kier alpha value is -2.56. The van der Waals surface area contributed by atoms with Crippen LogP contribution in [0.15, 0.2) is 103 Å². The number of rotatable bonds is 2. The largest absolute Gasteiger partial charge is 0.446 e. The second kappa shape index (κ2) is 24.6. The normalized spacial score (nSPS) is 10.7. The van der Waals surface area contributed by atoms with E-state index in [4.69, 9.17) is 4.74 Å². The molecule has 4 rings (SSSR count). The third kappa shape index (κ3) is 18.4. The number of hydrogen-bond donors (Lipinski definition) is 0. The molecule has 35 heavy (non-hydrogen) atoms. The van der Waals surface area contributed by atoms with Gasteiger partial charge in [-0.25, -0.2) is 11.3 Å². The molecular formula is C30H37NO3Y-2. The summed E-state index contributed by atoms with van der Waals surface area (Å²) in [5.41, 5.74) is 2.25. The summed E-state index contributed by atoms with van der Waals surface area (Å²) in [6.07, 6.45) is 2.54. The average molecular weight is 549 g/mol. The minimum Gasteiger partial charge on any atom is -0.446 e. The number of nitrogens with zero attached hydrogens (tertiary/aromatic N) is 1. The molecule has 0 spiro atoms. The van der Waals surface area contributed by atoms with Gasteiger partial charge in [-0.2, -0.15) is 36.4 Å².